The van der Waals surface area contributed by atoms with E-state index in [-0.39, 0.29) is 6.42 Å². The zero-order chi connectivity index (χ0) is 15.9. The summed E-state index contributed by atoms with van der Waals surface area (Å²) in [6.07, 6.45) is 3.16. The van der Waals surface area contributed by atoms with Crippen LogP contribution in [0.2, 0.25) is 5.15 Å². The minimum Gasteiger partial charge on any atom is -0.325 e. The summed E-state index contributed by atoms with van der Waals surface area (Å²) in [6, 6.07) is 11.8. The molecular formula is C17H17ClN4. The van der Waals surface area contributed by atoms with E-state index in [1.54, 1.807) is 6.07 Å². The van der Waals surface area contributed by atoms with Crippen molar-refractivity contribution in [3.05, 3.63) is 52.1 Å². The number of rotatable bonds is 6. The predicted molar refractivity (Wildman–Crippen MR) is 85.4 cm³/mol. The standard InChI is InChI=1S/C17H17ClN4/c1-2-3-7-16-21-17(18)15(8-9-19)22(16)12-14-6-4-5-13(10-14)11-20/h4-6,10H,2-3,7-8,12H2,1H3. The average molecular weight is 313 g/mol. The number of benzene rings is 1. The van der Waals surface area contributed by atoms with Crippen LogP contribution in [0.3, 0.4) is 0 Å². The summed E-state index contributed by atoms with van der Waals surface area (Å²) in [5.74, 6) is 0.902. The lowest BCUT2D eigenvalue weighted by molar-refractivity contribution is 0.662. The van der Waals surface area contributed by atoms with Crippen LogP contribution in [-0.2, 0) is 19.4 Å². The normalized spacial score (nSPS) is 10.2. The SMILES string of the molecule is CCCCc1nc(Cl)c(CC#N)n1Cc1cccc(C#N)c1. The summed E-state index contributed by atoms with van der Waals surface area (Å²) in [6.45, 7) is 2.70. The molecular weight excluding hydrogens is 296 g/mol. The Bertz CT molecular complexity index is 734. The molecule has 2 rings (SSSR count). The summed E-state index contributed by atoms with van der Waals surface area (Å²) in [4.78, 5) is 4.42. The largest absolute Gasteiger partial charge is 0.325 e. The van der Waals surface area contributed by atoms with Gasteiger partial charge in [-0.1, -0.05) is 37.1 Å². The minimum absolute atomic E-state index is 0.232. The van der Waals surface area contributed by atoms with Gasteiger partial charge in [0.2, 0.25) is 0 Å². The lowest BCUT2D eigenvalue weighted by Gasteiger charge is -2.11. The summed E-state index contributed by atoms with van der Waals surface area (Å²) < 4.78 is 2.01. The molecule has 0 fully saturated rings. The molecule has 0 atom stereocenters. The molecule has 0 N–H and O–H groups in total. The zero-order valence-corrected chi connectivity index (χ0v) is 13.3. The van der Waals surface area contributed by atoms with Crippen molar-refractivity contribution in [3.63, 3.8) is 0 Å². The van der Waals surface area contributed by atoms with Gasteiger partial charge in [-0.05, 0) is 24.1 Å². The Balaban J connectivity index is 2.38. The average Bonchev–Trinajstić information content (AvgIpc) is 2.82. The maximum atomic E-state index is 9.01. The fourth-order valence-corrected chi connectivity index (χ4v) is 2.65. The Hall–Kier alpha value is -2.30. The van der Waals surface area contributed by atoms with E-state index in [4.69, 9.17) is 22.1 Å². The van der Waals surface area contributed by atoms with E-state index in [2.05, 4.69) is 24.0 Å². The second-order valence-electron chi connectivity index (χ2n) is 5.10. The van der Waals surface area contributed by atoms with Crippen molar-refractivity contribution in [1.82, 2.24) is 9.55 Å². The smallest absolute Gasteiger partial charge is 0.151 e. The lowest BCUT2D eigenvalue weighted by Crippen LogP contribution is -2.09. The van der Waals surface area contributed by atoms with Gasteiger partial charge in [0, 0.05) is 13.0 Å². The molecule has 0 bridgehead atoms. The third-order valence-corrected chi connectivity index (χ3v) is 3.80. The van der Waals surface area contributed by atoms with Gasteiger partial charge in [-0.2, -0.15) is 10.5 Å². The maximum Gasteiger partial charge on any atom is 0.151 e. The summed E-state index contributed by atoms with van der Waals surface area (Å²) in [5, 5.41) is 18.4. The van der Waals surface area contributed by atoms with Crippen molar-refractivity contribution >= 4 is 11.6 Å². The topological polar surface area (TPSA) is 65.4 Å². The second-order valence-corrected chi connectivity index (χ2v) is 5.46. The highest BCUT2D eigenvalue weighted by atomic mass is 35.5. The Labute approximate surface area is 135 Å². The molecule has 0 saturated carbocycles. The third kappa shape index (κ3) is 3.67. The van der Waals surface area contributed by atoms with Crippen LogP contribution in [-0.4, -0.2) is 9.55 Å². The highest BCUT2D eigenvalue weighted by Gasteiger charge is 2.15. The first-order valence-corrected chi connectivity index (χ1v) is 7.67. The first kappa shape index (κ1) is 16.1. The molecule has 0 aliphatic carbocycles. The van der Waals surface area contributed by atoms with Crippen LogP contribution >= 0.6 is 11.6 Å². The fraction of sp³-hybridized carbons (Fsp3) is 0.353. The van der Waals surface area contributed by atoms with Crippen molar-refractivity contribution in [2.75, 3.05) is 0 Å². The third-order valence-electron chi connectivity index (χ3n) is 3.50. The van der Waals surface area contributed by atoms with Crippen molar-refractivity contribution in [1.29, 1.82) is 10.5 Å². The molecule has 0 unspecified atom stereocenters. The highest BCUT2D eigenvalue weighted by molar-refractivity contribution is 6.30. The molecule has 0 aliphatic heterocycles. The summed E-state index contributed by atoms with van der Waals surface area (Å²) in [5.41, 5.74) is 2.38. The maximum absolute atomic E-state index is 9.01. The second kappa shape index (κ2) is 7.64. The van der Waals surface area contributed by atoms with Crippen LogP contribution in [0.15, 0.2) is 24.3 Å². The molecule has 22 heavy (non-hydrogen) atoms. The Morgan fingerprint density at radius 1 is 1.32 bits per heavy atom. The van der Waals surface area contributed by atoms with Crippen molar-refractivity contribution in [2.24, 2.45) is 0 Å². The van der Waals surface area contributed by atoms with Crippen LogP contribution in [0, 0.1) is 22.7 Å². The van der Waals surface area contributed by atoms with Gasteiger partial charge >= 0.3 is 0 Å². The number of hydrogen-bond donors (Lipinski definition) is 0. The summed E-state index contributed by atoms with van der Waals surface area (Å²) >= 11 is 6.20. The van der Waals surface area contributed by atoms with E-state index >= 15 is 0 Å². The van der Waals surface area contributed by atoms with Gasteiger partial charge in [-0.25, -0.2) is 4.98 Å². The van der Waals surface area contributed by atoms with Crippen LogP contribution in [0.4, 0.5) is 0 Å². The number of halogens is 1. The number of aryl methyl sites for hydroxylation is 1. The Kier molecular flexibility index (Phi) is 5.58. The van der Waals surface area contributed by atoms with Crippen LogP contribution < -0.4 is 0 Å². The number of nitriles is 2. The number of unbranched alkanes of at least 4 members (excludes halogenated alkanes) is 1. The minimum atomic E-state index is 0.232. The van der Waals surface area contributed by atoms with Gasteiger partial charge in [-0.3, -0.25) is 0 Å². The number of imidazole rings is 1. The van der Waals surface area contributed by atoms with Crippen molar-refractivity contribution < 1.29 is 0 Å². The van der Waals surface area contributed by atoms with Gasteiger partial charge in [0.25, 0.3) is 0 Å². The van der Waals surface area contributed by atoms with Gasteiger partial charge in [0.15, 0.2) is 5.15 Å². The van der Waals surface area contributed by atoms with Crippen LogP contribution in [0.1, 0.15) is 42.4 Å². The van der Waals surface area contributed by atoms with Crippen molar-refractivity contribution in [2.45, 2.75) is 39.2 Å². The van der Waals surface area contributed by atoms with Gasteiger partial charge in [0.1, 0.15) is 5.82 Å². The number of hydrogen-bond acceptors (Lipinski definition) is 3. The summed E-state index contributed by atoms with van der Waals surface area (Å²) in [7, 11) is 0. The molecule has 1 aromatic heterocycles. The highest BCUT2D eigenvalue weighted by Crippen LogP contribution is 2.21. The van der Waals surface area contributed by atoms with Gasteiger partial charge in [-0.15, -0.1) is 0 Å². The van der Waals surface area contributed by atoms with Gasteiger partial charge in [0.05, 0.1) is 29.8 Å². The molecule has 4 nitrogen and oxygen atoms in total. The molecule has 1 heterocycles. The molecule has 0 aliphatic rings. The molecule has 112 valence electrons. The Morgan fingerprint density at radius 3 is 2.82 bits per heavy atom. The van der Waals surface area contributed by atoms with Crippen molar-refractivity contribution in [3.8, 4) is 12.1 Å². The molecule has 0 spiro atoms. The Morgan fingerprint density at radius 2 is 2.14 bits per heavy atom. The quantitative estimate of drug-likeness (QED) is 0.813. The number of aromatic nitrogens is 2. The van der Waals surface area contributed by atoms with E-state index in [1.165, 1.54) is 0 Å². The lowest BCUT2D eigenvalue weighted by atomic mass is 10.1. The molecule has 0 saturated heterocycles. The van der Waals surface area contributed by atoms with Crippen LogP contribution in [0.25, 0.3) is 0 Å². The van der Waals surface area contributed by atoms with E-state index in [0.29, 0.717) is 17.3 Å². The van der Waals surface area contributed by atoms with Crippen LogP contribution in [0.5, 0.6) is 0 Å². The fourth-order valence-electron chi connectivity index (χ4n) is 2.38. The van der Waals surface area contributed by atoms with E-state index in [9.17, 15) is 0 Å². The van der Waals surface area contributed by atoms with E-state index in [0.717, 1.165) is 36.3 Å². The molecule has 0 radical (unpaired) electrons. The van der Waals surface area contributed by atoms with E-state index in [1.807, 2.05) is 22.8 Å². The van der Waals surface area contributed by atoms with E-state index < -0.39 is 0 Å². The predicted octanol–water partition coefficient (Wildman–Crippen LogP) is 3.87. The molecule has 5 heteroatoms. The van der Waals surface area contributed by atoms with Gasteiger partial charge < -0.3 is 4.57 Å². The first-order chi connectivity index (χ1) is 10.7. The number of nitrogens with zero attached hydrogens (tertiary/aromatic N) is 4. The molecule has 0 amide bonds. The molecule has 1 aromatic carbocycles. The zero-order valence-electron chi connectivity index (χ0n) is 12.5. The molecule has 2 aromatic rings. The monoisotopic (exact) mass is 312 g/mol. The first-order valence-electron chi connectivity index (χ1n) is 7.29.